The molecule has 1 unspecified atom stereocenters. The summed E-state index contributed by atoms with van der Waals surface area (Å²) in [5.74, 6) is 0.415. The normalized spacial score (nSPS) is 26.3. The van der Waals surface area contributed by atoms with Crippen LogP contribution in [0.3, 0.4) is 0 Å². The molecule has 6 nitrogen and oxygen atoms in total. The van der Waals surface area contributed by atoms with Crippen LogP contribution in [-0.2, 0) is 16.7 Å². The molecule has 3 rings (SSSR count). The minimum absolute atomic E-state index is 0.0410. The topological polar surface area (TPSA) is 67.6 Å². The van der Waals surface area contributed by atoms with Gasteiger partial charge in [0, 0.05) is 43.6 Å². The van der Waals surface area contributed by atoms with Crippen molar-refractivity contribution in [1.29, 1.82) is 0 Å². The molecule has 1 aromatic heterocycles. The van der Waals surface area contributed by atoms with Crippen LogP contribution in [0.4, 0.5) is 0 Å². The summed E-state index contributed by atoms with van der Waals surface area (Å²) in [5, 5.41) is 15.1. The van der Waals surface area contributed by atoms with Gasteiger partial charge in [-0.15, -0.1) is 0 Å². The zero-order chi connectivity index (χ0) is 17.4. The number of likely N-dealkylation sites (tertiary alicyclic amines) is 1. The van der Waals surface area contributed by atoms with Crippen molar-refractivity contribution < 1.29 is 9.84 Å². The maximum atomic E-state index is 12.1. The highest BCUT2D eigenvalue weighted by molar-refractivity contribution is 5.10. The van der Waals surface area contributed by atoms with Gasteiger partial charge in [-0.2, -0.15) is 5.10 Å². The average Bonchev–Trinajstić information content (AvgIpc) is 2.46. The van der Waals surface area contributed by atoms with E-state index in [0.29, 0.717) is 25.6 Å². The number of rotatable bonds is 4. The van der Waals surface area contributed by atoms with Crippen LogP contribution in [0.1, 0.15) is 39.3 Å². The molecule has 0 bridgehead atoms. The third-order valence-corrected chi connectivity index (χ3v) is 4.92. The van der Waals surface area contributed by atoms with Gasteiger partial charge in [0.1, 0.15) is 5.60 Å². The maximum Gasteiger partial charge on any atom is 0.266 e. The van der Waals surface area contributed by atoms with Gasteiger partial charge in [0.2, 0.25) is 0 Å². The molecular weight excluding hydrogens is 306 g/mol. The first-order chi connectivity index (χ1) is 11.3. The van der Waals surface area contributed by atoms with Crippen molar-refractivity contribution in [3.05, 3.63) is 28.2 Å². The molecule has 134 valence electrons. The van der Waals surface area contributed by atoms with E-state index in [9.17, 15) is 9.90 Å². The van der Waals surface area contributed by atoms with Crippen LogP contribution in [0.25, 0.3) is 0 Å². The van der Waals surface area contributed by atoms with Crippen molar-refractivity contribution in [2.24, 2.45) is 5.92 Å². The van der Waals surface area contributed by atoms with Crippen LogP contribution in [0.5, 0.6) is 0 Å². The SMILES string of the molecule is CC(C)(C)c1ccc(=O)n(CC2CN(CC3(O)CCCOC3)C2)n1. The highest BCUT2D eigenvalue weighted by Crippen LogP contribution is 2.25. The van der Waals surface area contributed by atoms with Gasteiger partial charge in [0.25, 0.3) is 5.56 Å². The van der Waals surface area contributed by atoms with Crippen LogP contribution < -0.4 is 5.56 Å². The summed E-state index contributed by atoms with van der Waals surface area (Å²) in [7, 11) is 0. The van der Waals surface area contributed by atoms with Gasteiger partial charge in [-0.3, -0.25) is 9.69 Å². The van der Waals surface area contributed by atoms with Gasteiger partial charge < -0.3 is 9.84 Å². The van der Waals surface area contributed by atoms with Crippen molar-refractivity contribution in [3.63, 3.8) is 0 Å². The van der Waals surface area contributed by atoms with Gasteiger partial charge in [0.05, 0.1) is 18.8 Å². The number of aromatic nitrogens is 2. The van der Waals surface area contributed by atoms with Gasteiger partial charge in [-0.05, 0) is 18.9 Å². The van der Waals surface area contributed by atoms with Crippen molar-refractivity contribution in [1.82, 2.24) is 14.7 Å². The first-order valence-corrected chi connectivity index (χ1v) is 8.86. The Morgan fingerprint density at radius 1 is 1.38 bits per heavy atom. The summed E-state index contributed by atoms with van der Waals surface area (Å²) in [4.78, 5) is 14.3. The highest BCUT2D eigenvalue weighted by atomic mass is 16.5. The monoisotopic (exact) mass is 335 g/mol. The minimum atomic E-state index is -0.704. The minimum Gasteiger partial charge on any atom is -0.386 e. The van der Waals surface area contributed by atoms with Crippen LogP contribution in [0, 0.1) is 5.92 Å². The predicted octanol–water partition coefficient (Wildman–Crippen LogP) is 1.01. The van der Waals surface area contributed by atoms with E-state index in [1.165, 1.54) is 0 Å². The molecule has 2 fully saturated rings. The predicted molar refractivity (Wildman–Crippen MR) is 92.1 cm³/mol. The molecule has 1 atom stereocenters. The largest absolute Gasteiger partial charge is 0.386 e. The highest BCUT2D eigenvalue weighted by Gasteiger charge is 2.37. The number of hydrogen-bond acceptors (Lipinski definition) is 5. The van der Waals surface area contributed by atoms with E-state index in [4.69, 9.17) is 4.74 Å². The number of nitrogens with zero attached hydrogens (tertiary/aromatic N) is 3. The molecule has 0 spiro atoms. The average molecular weight is 335 g/mol. The van der Waals surface area contributed by atoms with Crippen LogP contribution >= 0.6 is 0 Å². The molecule has 6 heteroatoms. The lowest BCUT2D eigenvalue weighted by Crippen LogP contribution is -2.57. The fourth-order valence-corrected chi connectivity index (χ4v) is 3.52. The van der Waals surface area contributed by atoms with E-state index in [1.54, 1.807) is 10.7 Å². The van der Waals surface area contributed by atoms with Crippen LogP contribution in [-0.4, -0.2) is 58.2 Å². The van der Waals surface area contributed by atoms with Gasteiger partial charge in [0.15, 0.2) is 0 Å². The quantitative estimate of drug-likeness (QED) is 0.890. The lowest BCUT2D eigenvalue weighted by Gasteiger charge is -2.44. The van der Waals surface area contributed by atoms with E-state index in [0.717, 1.165) is 38.2 Å². The molecule has 0 aromatic carbocycles. The maximum absolute atomic E-state index is 12.1. The lowest BCUT2D eigenvalue weighted by molar-refractivity contribution is -0.113. The second-order valence-electron chi connectivity index (χ2n) is 8.43. The molecule has 0 radical (unpaired) electrons. The number of aliphatic hydroxyl groups is 1. The van der Waals surface area contributed by atoms with Gasteiger partial charge >= 0.3 is 0 Å². The zero-order valence-electron chi connectivity index (χ0n) is 15.0. The number of hydrogen-bond donors (Lipinski definition) is 1. The standard InChI is InChI=1S/C18H29N3O3/c1-17(2,3)15-5-6-16(22)21(19-15)11-14-9-20(10-14)12-18(23)7-4-8-24-13-18/h5-6,14,23H,4,7-13H2,1-3H3. The van der Waals surface area contributed by atoms with E-state index in [2.05, 4.69) is 30.8 Å². The Morgan fingerprint density at radius 2 is 2.12 bits per heavy atom. The second kappa shape index (κ2) is 6.58. The van der Waals surface area contributed by atoms with Crippen molar-refractivity contribution in [3.8, 4) is 0 Å². The summed E-state index contributed by atoms with van der Waals surface area (Å²) in [6.45, 7) is 10.6. The summed E-state index contributed by atoms with van der Waals surface area (Å²) < 4.78 is 7.00. The smallest absolute Gasteiger partial charge is 0.266 e. The Bertz CT molecular complexity index is 623. The zero-order valence-corrected chi connectivity index (χ0v) is 15.0. The second-order valence-corrected chi connectivity index (χ2v) is 8.43. The summed E-state index contributed by atoms with van der Waals surface area (Å²) in [6, 6.07) is 3.44. The molecule has 0 aliphatic carbocycles. The number of ether oxygens (including phenoxy) is 1. The van der Waals surface area contributed by atoms with Crippen molar-refractivity contribution >= 4 is 0 Å². The molecule has 2 aliphatic rings. The van der Waals surface area contributed by atoms with Crippen molar-refractivity contribution in [2.45, 2.75) is 51.2 Å². The Morgan fingerprint density at radius 3 is 2.75 bits per heavy atom. The van der Waals surface area contributed by atoms with E-state index < -0.39 is 5.60 Å². The fraction of sp³-hybridized carbons (Fsp3) is 0.778. The summed E-state index contributed by atoms with van der Waals surface area (Å²) in [5.41, 5.74) is 0.128. The first-order valence-electron chi connectivity index (χ1n) is 8.86. The third kappa shape index (κ3) is 4.05. The molecule has 0 saturated carbocycles. The molecule has 24 heavy (non-hydrogen) atoms. The molecule has 3 heterocycles. The van der Waals surface area contributed by atoms with Gasteiger partial charge in [-0.1, -0.05) is 20.8 Å². The fourth-order valence-electron chi connectivity index (χ4n) is 3.52. The summed E-state index contributed by atoms with van der Waals surface area (Å²) in [6.07, 6.45) is 1.73. The molecule has 0 amide bonds. The Hall–Kier alpha value is -1.24. The molecular formula is C18H29N3O3. The first kappa shape index (κ1) is 17.6. The van der Waals surface area contributed by atoms with Crippen molar-refractivity contribution in [2.75, 3.05) is 32.8 Å². The molecule has 1 N–H and O–H groups in total. The van der Waals surface area contributed by atoms with Gasteiger partial charge in [-0.25, -0.2) is 4.68 Å². The Kier molecular flexibility index (Phi) is 4.82. The van der Waals surface area contributed by atoms with E-state index in [-0.39, 0.29) is 11.0 Å². The summed E-state index contributed by atoms with van der Waals surface area (Å²) >= 11 is 0. The molecule has 2 aliphatic heterocycles. The van der Waals surface area contributed by atoms with E-state index in [1.807, 2.05) is 6.07 Å². The molecule has 1 aromatic rings. The third-order valence-electron chi connectivity index (χ3n) is 4.92. The Balaban J connectivity index is 1.55. The van der Waals surface area contributed by atoms with Crippen LogP contribution in [0.2, 0.25) is 0 Å². The lowest BCUT2D eigenvalue weighted by atomic mass is 9.91. The van der Waals surface area contributed by atoms with E-state index >= 15 is 0 Å². The van der Waals surface area contributed by atoms with Crippen LogP contribution in [0.15, 0.2) is 16.9 Å². The Labute approximate surface area is 143 Å². The number of β-amino-alcohol motifs (C(OH)–C–C–N with tert-alkyl or cyclic N) is 1. The molecule has 2 saturated heterocycles.